The molecule has 0 aromatic heterocycles. The van der Waals surface area contributed by atoms with E-state index in [0.717, 1.165) is 19.6 Å². The van der Waals surface area contributed by atoms with Gasteiger partial charge in [-0.15, -0.1) is 6.58 Å². The molecule has 0 aromatic carbocycles. The molecule has 0 atom stereocenters. The number of alkyl halides is 1. The van der Waals surface area contributed by atoms with Gasteiger partial charge in [0.05, 0.1) is 0 Å². The highest BCUT2D eigenvalue weighted by atomic mass is 19.1. The first-order valence-electron chi connectivity index (χ1n) is 3.80. The van der Waals surface area contributed by atoms with Crippen molar-refractivity contribution in [3.8, 4) is 0 Å². The van der Waals surface area contributed by atoms with Crippen molar-refractivity contribution in [1.29, 1.82) is 0 Å². The summed E-state index contributed by atoms with van der Waals surface area (Å²) in [5, 5.41) is 0. The van der Waals surface area contributed by atoms with Crippen LogP contribution in [0.5, 0.6) is 0 Å². The smallest absolute Gasteiger partial charge is 0.103 e. The van der Waals surface area contributed by atoms with Gasteiger partial charge < -0.3 is 0 Å². The molecule has 0 aliphatic carbocycles. The minimum atomic E-state index is -0.555. The van der Waals surface area contributed by atoms with E-state index in [4.69, 9.17) is 0 Å². The van der Waals surface area contributed by atoms with Gasteiger partial charge in [0.2, 0.25) is 0 Å². The molecule has 0 radical (unpaired) electrons. The lowest BCUT2D eigenvalue weighted by atomic mass is 10.1. The first-order valence-corrected chi connectivity index (χ1v) is 3.80. The van der Waals surface area contributed by atoms with E-state index in [9.17, 15) is 4.39 Å². The van der Waals surface area contributed by atoms with Crippen LogP contribution in [0.25, 0.3) is 0 Å². The summed E-state index contributed by atoms with van der Waals surface area (Å²) < 4.78 is 12.5. The summed E-state index contributed by atoms with van der Waals surface area (Å²) in [6, 6.07) is 0. The Kier molecular flexibility index (Phi) is 2.87. The van der Waals surface area contributed by atoms with Gasteiger partial charge in [0, 0.05) is 19.6 Å². The molecule has 1 saturated heterocycles. The molecule has 0 saturated carbocycles. The number of piperidine rings is 1. The van der Waals surface area contributed by atoms with E-state index in [1.165, 1.54) is 0 Å². The molecular formula is C8H14FN. The summed E-state index contributed by atoms with van der Waals surface area (Å²) in [4.78, 5) is 2.23. The highest BCUT2D eigenvalue weighted by molar-refractivity contribution is 4.78. The van der Waals surface area contributed by atoms with Crippen LogP contribution in [0, 0.1) is 0 Å². The number of nitrogens with zero attached hydrogens (tertiary/aromatic N) is 1. The van der Waals surface area contributed by atoms with Crippen LogP contribution in [0.4, 0.5) is 4.39 Å². The summed E-state index contributed by atoms with van der Waals surface area (Å²) in [7, 11) is 0. The predicted octanol–water partition coefficient (Wildman–Crippen LogP) is 1.61. The van der Waals surface area contributed by atoms with Crippen LogP contribution in [0.3, 0.4) is 0 Å². The molecule has 1 rings (SSSR count). The van der Waals surface area contributed by atoms with Crippen LogP contribution < -0.4 is 0 Å². The quantitative estimate of drug-likeness (QED) is 0.531. The van der Waals surface area contributed by atoms with Crippen LogP contribution in [0.15, 0.2) is 12.7 Å². The van der Waals surface area contributed by atoms with Crippen LogP contribution in [0.2, 0.25) is 0 Å². The lowest BCUT2D eigenvalue weighted by Gasteiger charge is -2.26. The predicted molar refractivity (Wildman–Crippen MR) is 40.8 cm³/mol. The van der Waals surface area contributed by atoms with E-state index in [1.807, 2.05) is 6.08 Å². The second kappa shape index (κ2) is 3.71. The molecule has 2 heteroatoms. The third kappa shape index (κ3) is 2.10. The standard InChI is InChI=1S/C8H14FN/c1-2-5-10-6-3-8(9)4-7-10/h2,8H,1,3-7H2. The van der Waals surface area contributed by atoms with E-state index >= 15 is 0 Å². The minimum absolute atomic E-state index is 0.555. The zero-order valence-corrected chi connectivity index (χ0v) is 6.22. The van der Waals surface area contributed by atoms with Gasteiger partial charge >= 0.3 is 0 Å². The average Bonchev–Trinajstić information content (AvgIpc) is 1.95. The van der Waals surface area contributed by atoms with E-state index in [2.05, 4.69) is 11.5 Å². The molecule has 58 valence electrons. The summed E-state index contributed by atoms with van der Waals surface area (Å²) in [6.45, 7) is 6.34. The van der Waals surface area contributed by atoms with Crippen molar-refractivity contribution in [2.45, 2.75) is 19.0 Å². The van der Waals surface area contributed by atoms with Crippen LogP contribution in [0.1, 0.15) is 12.8 Å². The third-order valence-electron chi connectivity index (χ3n) is 1.90. The fourth-order valence-electron chi connectivity index (χ4n) is 1.27. The lowest BCUT2D eigenvalue weighted by Crippen LogP contribution is -2.34. The van der Waals surface area contributed by atoms with Crippen molar-refractivity contribution >= 4 is 0 Å². The summed E-state index contributed by atoms with van der Waals surface area (Å²) in [6.07, 6.45) is 2.72. The normalized spacial score (nSPS) is 22.9. The van der Waals surface area contributed by atoms with Crippen molar-refractivity contribution in [2.24, 2.45) is 0 Å². The number of rotatable bonds is 2. The van der Waals surface area contributed by atoms with Gasteiger partial charge in [-0.05, 0) is 12.8 Å². The lowest BCUT2D eigenvalue weighted by molar-refractivity contribution is 0.162. The molecule has 0 amide bonds. The second-order valence-corrected chi connectivity index (χ2v) is 2.76. The van der Waals surface area contributed by atoms with Crippen molar-refractivity contribution in [2.75, 3.05) is 19.6 Å². The second-order valence-electron chi connectivity index (χ2n) is 2.76. The van der Waals surface area contributed by atoms with Crippen LogP contribution >= 0.6 is 0 Å². The van der Waals surface area contributed by atoms with E-state index < -0.39 is 6.17 Å². The molecule has 0 aromatic rings. The topological polar surface area (TPSA) is 3.24 Å². The third-order valence-corrected chi connectivity index (χ3v) is 1.90. The number of halogens is 1. The molecule has 1 heterocycles. The van der Waals surface area contributed by atoms with Crippen molar-refractivity contribution < 1.29 is 4.39 Å². The molecule has 0 N–H and O–H groups in total. The number of hydrogen-bond donors (Lipinski definition) is 0. The molecule has 0 unspecified atom stereocenters. The Morgan fingerprint density at radius 1 is 1.50 bits per heavy atom. The first-order chi connectivity index (χ1) is 4.83. The van der Waals surface area contributed by atoms with Gasteiger partial charge in [-0.2, -0.15) is 0 Å². The van der Waals surface area contributed by atoms with Gasteiger partial charge in [0.1, 0.15) is 6.17 Å². The van der Waals surface area contributed by atoms with Crippen molar-refractivity contribution in [3.05, 3.63) is 12.7 Å². The maximum absolute atomic E-state index is 12.5. The maximum Gasteiger partial charge on any atom is 0.103 e. The Hall–Kier alpha value is -0.370. The Labute approximate surface area is 61.5 Å². The Morgan fingerprint density at radius 2 is 2.10 bits per heavy atom. The largest absolute Gasteiger partial charge is 0.299 e. The molecule has 10 heavy (non-hydrogen) atoms. The fraction of sp³-hybridized carbons (Fsp3) is 0.750. The zero-order chi connectivity index (χ0) is 7.40. The highest BCUT2D eigenvalue weighted by Gasteiger charge is 2.16. The Balaban J connectivity index is 2.19. The van der Waals surface area contributed by atoms with Gasteiger partial charge in [0.15, 0.2) is 0 Å². The number of likely N-dealkylation sites (tertiary alicyclic amines) is 1. The molecule has 0 spiro atoms. The van der Waals surface area contributed by atoms with Crippen LogP contribution in [-0.2, 0) is 0 Å². The summed E-state index contributed by atoms with van der Waals surface area (Å²) in [5.74, 6) is 0. The zero-order valence-electron chi connectivity index (χ0n) is 6.22. The number of hydrogen-bond acceptors (Lipinski definition) is 1. The highest BCUT2D eigenvalue weighted by Crippen LogP contribution is 2.12. The molecule has 1 fully saturated rings. The Bertz CT molecular complexity index is 106. The van der Waals surface area contributed by atoms with Crippen molar-refractivity contribution in [3.63, 3.8) is 0 Å². The molecule has 1 aliphatic heterocycles. The fourth-order valence-corrected chi connectivity index (χ4v) is 1.27. The molecule has 0 bridgehead atoms. The SMILES string of the molecule is C=CCN1CCC(F)CC1. The first kappa shape index (κ1) is 7.73. The van der Waals surface area contributed by atoms with E-state index in [-0.39, 0.29) is 0 Å². The van der Waals surface area contributed by atoms with Gasteiger partial charge in [-0.1, -0.05) is 6.08 Å². The van der Waals surface area contributed by atoms with Crippen molar-refractivity contribution in [1.82, 2.24) is 4.90 Å². The summed E-state index contributed by atoms with van der Waals surface area (Å²) in [5.41, 5.74) is 0. The molecular weight excluding hydrogens is 129 g/mol. The van der Waals surface area contributed by atoms with E-state index in [1.54, 1.807) is 0 Å². The van der Waals surface area contributed by atoms with Crippen LogP contribution in [-0.4, -0.2) is 30.7 Å². The average molecular weight is 143 g/mol. The molecule has 1 aliphatic rings. The van der Waals surface area contributed by atoms with Gasteiger partial charge in [-0.25, -0.2) is 4.39 Å². The summed E-state index contributed by atoms with van der Waals surface area (Å²) >= 11 is 0. The minimum Gasteiger partial charge on any atom is -0.299 e. The van der Waals surface area contributed by atoms with Gasteiger partial charge in [-0.3, -0.25) is 4.90 Å². The maximum atomic E-state index is 12.5. The molecule has 1 nitrogen and oxygen atoms in total. The monoisotopic (exact) mass is 143 g/mol. The van der Waals surface area contributed by atoms with Gasteiger partial charge in [0.25, 0.3) is 0 Å². The van der Waals surface area contributed by atoms with E-state index in [0.29, 0.717) is 12.8 Å². The Morgan fingerprint density at radius 3 is 2.60 bits per heavy atom.